The van der Waals surface area contributed by atoms with Gasteiger partial charge in [-0.3, -0.25) is 4.57 Å². The summed E-state index contributed by atoms with van der Waals surface area (Å²) in [6.07, 6.45) is 3.78. The summed E-state index contributed by atoms with van der Waals surface area (Å²) < 4.78 is 11.0. The summed E-state index contributed by atoms with van der Waals surface area (Å²) in [5, 5.41) is 7.18. The van der Waals surface area contributed by atoms with Crippen LogP contribution in [0, 0.1) is 20.8 Å². The summed E-state index contributed by atoms with van der Waals surface area (Å²) >= 11 is 3.57. The van der Waals surface area contributed by atoms with Gasteiger partial charge < -0.3 is 4.74 Å². The van der Waals surface area contributed by atoms with Crippen molar-refractivity contribution >= 4 is 37.7 Å². The number of ether oxygens (including phenoxy) is 1. The molecule has 0 bridgehead atoms. The Kier molecular flexibility index (Phi) is 6.16. The van der Waals surface area contributed by atoms with E-state index in [9.17, 15) is 0 Å². The van der Waals surface area contributed by atoms with Crippen LogP contribution in [-0.2, 0) is 0 Å². The molecule has 0 unspecified atom stereocenters. The van der Waals surface area contributed by atoms with E-state index in [0.717, 1.165) is 44.6 Å². The molecule has 4 aromatic heterocycles. The highest BCUT2D eigenvalue weighted by Gasteiger charge is 2.15. The second-order valence-electron chi connectivity index (χ2n) is 10.1. The zero-order chi connectivity index (χ0) is 28.1. The summed E-state index contributed by atoms with van der Waals surface area (Å²) in [5.41, 5.74) is 8.82. The van der Waals surface area contributed by atoms with Crippen LogP contribution in [-0.4, -0.2) is 24.3 Å². The molecule has 0 saturated carbocycles. The Balaban J connectivity index is 1.26. The van der Waals surface area contributed by atoms with Gasteiger partial charge >= 0.3 is 0 Å². The first-order valence-corrected chi connectivity index (χ1v) is 14.2. The molecule has 7 aromatic rings. The quantitative estimate of drug-likeness (QED) is 0.185. The molecule has 0 saturated heterocycles. The molecular weight excluding hydrogens is 574 g/mol. The molecule has 0 aliphatic rings. The van der Waals surface area contributed by atoms with Gasteiger partial charge in [0.05, 0.1) is 22.4 Å². The lowest BCUT2D eigenvalue weighted by molar-refractivity contribution is 0.462. The maximum atomic E-state index is 6.34. The molecule has 0 aliphatic carbocycles. The number of nitrogens with zero attached hydrogens (tertiary/aromatic N) is 5. The van der Waals surface area contributed by atoms with E-state index in [0.29, 0.717) is 16.2 Å². The van der Waals surface area contributed by atoms with E-state index >= 15 is 0 Å². The highest BCUT2D eigenvalue weighted by atomic mass is 79.9. The monoisotopic (exact) mass is 599 g/mol. The summed E-state index contributed by atoms with van der Waals surface area (Å²) in [4.78, 5) is 9.22. The number of hydrogen-bond donors (Lipinski definition) is 0. The van der Waals surface area contributed by atoms with Gasteiger partial charge in [-0.15, -0.1) is 0 Å². The van der Waals surface area contributed by atoms with Gasteiger partial charge in [0, 0.05) is 40.9 Å². The summed E-state index contributed by atoms with van der Waals surface area (Å²) in [6.45, 7) is 6.44. The van der Waals surface area contributed by atoms with Crippen molar-refractivity contribution in [2.45, 2.75) is 20.8 Å². The van der Waals surface area contributed by atoms with Crippen molar-refractivity contribution in [2.24, 2.45) is 0 Å². The van der Waals surface area contributed by atoms with Crippen LogP contribution in [0.1, 0.15) is 16.7 Å². The van der Waals surface area contributed by atoms with E-state index in [-0.39, 0.29) is 0 Å². The zero-order valence-corrected chi connectivity index (χ0v) is 24.4. The molecule has 200 valence electrons. The average molecular weight is 601 g/mol. The van der Waals surface area contributed by atoms with Gasteiger partial charge in [0.25, 0.3) is 0 Å². The Morgan fingerprint density at radius 2 is 1.59 bits per heavy atom. The second-order valence-corrected chi connectivity index (χ2v) is 10.9. The predicted octanol–water partition coefficient (Wildman–Crippen LogP) is 8.91. The third-order valence-corrected chi connectivity index (χ3v) is 8.10. The molecule has 7 heteroatoms. The van der Waals surface area contributed by atoms with Crippen LogP contribution in [0.4, 0.5) is 0 Å². The van der Waals surface area contributed by atoms with Crippen LogP contribution in [0.2, 0.25) is 0 Å². The number of rotatable bonds is 5. The van der Waals surface area contributed by atoms with Crippen molar-refractivity contribution in [1.29, 1.82) is 0 Å². The van der Waals surface area contributed by atoms with E-state index < -0.39 is 0 Å². The molecule has 0 atom stereocenters. The Hall–Kier alpha value is -4.75. The molecule has 4 heterocycles. The minimum Gasteiger partial charge on any atom is -0.439 e. The fraction of sp³-hybridized carbons (Fsp3) is 0.0882. The molecule has 6 nitrogen and oxygen atoms in total. The molecule has 0 amide bonds. The van der Waals surface area contributed by atoms with E-state index in [4.69, 9.17) is 9.84 Å². The van der Waals surface area contributed by atoms with Crippen LogP contribution in [0.3, 0.4) is 0 Å². The molecule has 3 aromatic carbocycles. The Labute approximate surface area is 246 Å². The zero-order valence-electron chi connectivity index (χ0n) is 22.8. The number of para-hydroxylation sites is 1. The lowest BCUT2D eigenvalue weighted by Crippen LogP contribution is -1.99. The van der Waals surface area contributed by atoms with Crippen LogP contribution < -0.4 is 4.74 Å². The molecule has 0 radical (unpaired) electrons. The third-order valence-electron chi connectivity index (χ3n) is 7.69. The van der Waals surface area contributed by atoms with Crippen LogP contribution in [0.15, 0.2) is 108 Å². The molecule has 0 spiro atoms. The molecule has 41 heavy (non-hydrogen) atoms. The van der Waals surface area contributed by atoms with E-state index in [1.54, 1.807) is 0 Å². The molecule has 0 fully saturated rings. The minimum absolute atomic E-state index is 0.466. The van der Waals surface area contributed by atoms with Crippen molar-refractivity contribution in [1.82, 2.24) is 24.3 Å². The highest BCUT2D eigenvalue weighted by Crippen LogP contribution is 2.35. The van der Waals surface area contributed by atoms with Crippen molar-refractivity contribution in [2.75, 3.05) is 0 Å². The summed E-state index contributed by atoms with van der Waals surface area (Å²) in [6, 6.07) is 30.6. The van der Waals surface area contributed by atoms with Gasteiger partial charge in [-0.2, -0.15) is 5.10 Å². The average Bonchev–Trinajstić information content (AvgIpc) is 3.59. The molecular formula is C34H26BrN5O. The smallest absolute Gasteiger partial charge is 0.222 e. The number of fused-ring (bicyclic) bond motifs is 3. The normalized spacial score (nSPS) is 11.4. The van der Waals surface area contributed by atoms with E-state index in [1.165, 1.54) is 16.7 Å². The first-order valence-electron chi connectivity index (χ1n) is 13.4. The van der Waals surface area contributed by atoms with E-state index in [1.807, 2.05) is 71.7 Å². The minimum atomic E-state index is 0.466. The van der Waals surface area contributed by atoms with Gasteiger partial charge in [-0.25, -0.2) is 14.6 Å². The fourth-order valence-electron chi connectivity index (χ4n) is 5.36. The Morgan fingerprint density at radius 3 is 2.44 bits per heavy atom. The number of pyridine rings is 2. The number of aromatic nitrogens is 5. The number of benzene rings is 3. The van der Waals surface area contributed by atoms with Gasteiger partial charge in [-0.05, 0) is 95.9 Å². The first-order chi connectivity index (χ1) is 20.0. The van der Waals surface area contributed by atoms with E-state index in [2.05, 4.69) is 87.6 Å². The topological polar surface area (TPSA) is 57.8 Å². The predicted molar refractivity (Wildman–Crippen MR) is 167 cm³/mol. The summed E-state index contributed by atoms with van der Waals surface area (Å²) in [5.74, 6) is 2.00. The Morgan fingerprint density at radius 1 is 0.756 bits per heavy atom. The lowest BCUT2D eigenvalue weighted by atomic mass is 9.97. The Bertz CT molecular complexity index is 2080. The van der Waals surface area contributed by atoms with Crippen molar-refractivity contribution in [3.8, 4) is 34.4 Å². The standard InChI is InChI=1S/C34H26BrN5O/c1-21-11-13-26(23(3)22(21)2)29-15-17-39(38-29)24-18-32(35)37-34(19-24)41-25-12-14-28-27-8-4-5-9-30(27)40(31(28)20-25)33-10-6-7-16-36-33/h4-20H,1-3H3. The number of halogens is 1. The van der Waals surface area contributed by atoms with Crippen molar-refractivity contribution in [3.05, 3.63) is 125 Å². The number of aryl methyl sites for hydroxylation is 1. The second kappa shape index (κ2) is 10.0. The van der Waals surface area contributed by atoms with Crippen molar-refractivity contribution < 1.29 is 4.74 Å². The molecule has 7 rings (SSSR count). The largest absolute Gasteiger partial charge is 0.439 e. The van der Waals surface area contributed by atoms with Gasteiger partial charge in [0.15, 0.2) is 0 Å². The van der Waals surface area contributed by atoms with Crippen LogP contribution in [0.5, 0.6) is 11.6 Å². The summed E-state index contributed by atoms with van der Waals surface area (Å²) in [7, 11) is 0. The molecule has 0 N–H and O–H groups in total. The fourth-order valence-corrected chi connectivity index (χ4v) is 5.77. The third kappa shape index (κ3) is 4.48. The van der Waals surface area contributed by atoms with Gasteiger partial charge in [-0.1, -0.05) is 36.4 Å². The molecule has 0 aliphatic heterocycles. The van der Waals surface area contributed by atoms with Gasteiger partial charge in [0.2, 0.25) is 5.88 Å². The lowest BCUT2D eigenvalue weighted by Gasteiger charge is -2.10. The van der Waals surface area contributed by atoms with Crippen LogP contribution >= 0.6 is 15.9 Å². The maximum absolute atomic E-state index is 6.34. The maximum Gasteiger partial charge on any atom is 0.222 e. The number of hydrogen-bond acceptors (Lipinski definition) is 4. The first kappa shape index (κ1) is 25.2. The van der Waals surface area contributed by atoms with Crippen LogP contribution in [0.25, 0.3) is 44.6 Å². The highest BCUT2D eigenvalue weighted by molar-refractivity contribution is 9.10. The van der Waals surface area contributed by atoms with Gasteiger partial charge in [0.1, 0.15) is 16.2 Å². The van der Waals surface area contributed by atoms with Crippen molar-refractivity contribution in [3.63, 3.8) is 0 Å². The SMILES string of the molecule is Cc1ccc(-c2ccn(-c3cc(Br)nc(Oc4ccc5c6ccccc6n(-c6ccccn6)c5c4)c3)n2)c(C)c1C.